The fraction of sp³-hybridized carbons (Fsp3) is 0.154. The Morgan fingerprint density at radius 1 is 1.37 bits per heavy atom. The van der Waals surface area contributed by atoms with Gasteiger partial charge in [0.1, 0.15) is 5.75 Å². The van der Waals surface area contributed by atoms with Crippen molar-refractivity contribution in [3.8, 4) is 5.75 Å². The van der Waals surface area contributed by atoms with Crippen LogP contribution in [0.25, 0.3) is 0 Å². The maximum atomic E-state index is 11.5. The molecule has 6 nitrogen and oxygen atoms in total. The third kappa shape index (κ3) is 2.98. The highest BCUT2D eigenvalue weighted by Gasteiger charge is 2.02. The molecule has 0 atom stereocenters. The number of para-hydroxylation sites is 1. The summed E-state index contributed by atoms with van der Waals surface area (Å²) in [6, 6.07) is 6.80. The molecule has 0 unspecified atom stereocenters. The Morgan fingerprint density at radius 3 is 2.79 bits per heavy atom. The molecule has 19 heavy (non-hydrogen) atoms. The lowest BCUT2D eigenvalue weighted by molar-refractivity contribution is 0.474. The number of H-pyrrole nitrogens is 1. The maximum absolute atomic E-state index is 11.5. The van der Waals surface area contributed by atoms with Crippen molar-refractivity contribution in [3.63, 3.8) is 0 Å². The Bertz CT molecular complexity index is 677. The van der Waals surface area contributed by atoms with Crippen LogP contribution in [0.2, 0.25) is 0 Å². The van der Waals surface area contributed by atoms with Gasteiger partial charge < -0.3 is 5.11 Å². The summed E-state index contributed by atoms with van der Waals surface area (Å²) in [6.45, 7) is 3.46. The molecule has 0 aliphatic heterocycles. The summed E-state index contributed by atoms with van der Waals surface area (Å²) in [5, 5.41) is 13.5. The van der Waals surface area contributed by atoms with Crippen LogP contribution in [0.5, 0.6) is 5.75 Å². The van der Waals surface area contributed by atoms with E-state index in [0.29, 0.717) is 16.8 Å². The van der Waals surface area contributed by atoms with Gasteiger partial charge in [-0.25, -0.2) is 10.4 Å². The Balaban J connectivity index is 2.15. The fourth-order valence-electron chi connectivity index (χ4n) is 1.46. The number of aromatic nitrogens is 2. The average molecular weight is 258 g/mol. The Morgan fingerprint density at radius 2 is 2.11 bits per heavy atom. The molecule has 0 aliphatic rings. The molecule has 1 aromatic heterocycles. The second-order valence-corrected chi connectivity index (χ2v) is 4.05. The molecule has 0 radical (unpaired) electrons. The first-order chi connectivity index (χ1) is 9.08. The molecular weight excluding hydrogens is 244 g/mol. The van der Waals surface area contributed by atoms with Crippen LogP contribution in [0.15, 0.2) is 34.2 Å². The second kappa shape index (κ2) is 5.34. The SMILES string of the molecule is Cc1nc(N/N=C\c2ccccc2O)[nH]c(=O)c1C. The zero-order valence-corrected chi connectivity index (χ0v) is 10.6. The summed E-state index contributed by atoms with van der Waals surface area (Å²) < 4.78 is 0. The Labute approximate surface area is 109 Å². The van der Waals surface area contributed by atoms with Crippen molar-refractivity contribution >= 4 is 12.2 Å². The summed E-state index contributed by atoms with van der Waals surface area (Å²) in [6.07, 6.45) is 1.45. The third-order valence-corrected chi connectivity index (χ3v) is 2.71. The van der Waals surface area contributed by atoms with E-state index in [1.807, 2.05) is 0 Å². The zero-order valence-electron chi connectivity index (χ0n) is 10.6. The quantitative estimate of drug-likeness (QED) is 0.575. The maximum Gasteiger partial charge on any atom is 0.255 e. The first-order valence-corrected chi connectivity index (χ1v) is 5.72. The van der Waals surface area contributed by atoms with Gasteiger partial charge in [-0.15, -0.1) is 0 Å². The molecule has 1 aromatic carbocycles. The van der Waals surface area contributed by atoms with Gasteiger partial charge in [0.05, 0.1) is 6.21 Å². The number of nitrogens with zero attached hydrogens (tertiary/aromatic N) is 2. The lowest BCUT2D eigenvalue weighted by atomic mass is 10.2. The minimum Gasteiger partial charge on any atom is -0.507 e. The number of anilines is 1. The summed E-state index contributed by atoms with van der Waals surface area (Å²) in [5.74, 6) is 0.398. The Hall–Kier alpha value is -2.63. The van der Waals surface area contributed by atoms with Crippen LogP contribution in [0.1, 0.15) is 16.8 Å². The number of hydrogen-bond acceptors (Lipinski definition) is 5. The molecule has 0 fully saturated rings. The van der Waals surface area contributed by atoms with Crippen LogP contribution >= 0.6 is 0 Å². The molecular formula is C13H14N4O2. The lowest BCUT2D eigenvalue weighted by Crippen LogP contribution is -2.15. The van der Waals surface area contributed by atoms with Gasteiger partial charge >= 0.3 is 0 Å². The molecule has 2 rings (SSSR count). The summed E-state index contributed by atoms with van der Waals surface area (Å²) in [5.41, 5.74) is 4.21. The zero-order chi connectivity index (χ0) is 13.8. The molecule has 3 N–H and O–H groups in total. The fourth-order valence-corrected chi connectivity index (χ4v) is 1.46. The van der Waals surface area contributed by atoms with Crippen molar-refractivity contribution in [2.75, 3.05) is 5.43 Å². The molecule has 0 saturated carbocycles. The van der Waals surface area contributed by atoms with E-state index in [-0.39, 0.29) is 17.3 Å². The highest BCUT2D eigenvalue weighted by Crippen LogP contribution is 2.12. The number of rotatable bonds is 3. The number of nitrogens with one attached hydrogen (secondary N) is 2. The summed E-state index contributed by atoms with van der Waals surface area (Å²) in [7, 11) is 0. The minimum absolute atomic E-state index is 0.134. The average Bonchev–Trinajstić information content (AvgIpc) is 2.38. The van der Waals surface area contributed by atoms with E-state index < -0.39 is 0 Å². The minimum atomic E-state index is -0.201. The van der Waals surface area contributed by atoms with E-state index in [9.17, 15) is 9.90 Å². The van der Waals surface area contributed by atoms with Gasteiger partial charge in [-0.1, -0.05) is 12.1 Å². The van der Waals surface area contributed by atoms with Crippen LogP contribution in [0.4, 0.5) is 5.95 Å². The number of hydrogen-bond donors (Lipinski definition) is 3. The molecule has 1 heterocycles. The second-order valence-electron chi connectivity index (χ2n) is 4.05. The number of aromatic amines is 1. The van der Waals surface area contributed by atoms with Crippen molar-refractivity contribution < 1.29 is 5.11 Å². The van der Waals surface area contributed by atoms with Gasteiger partial charge in [0, 0.05) is 16.8 Å². The van der Waals surface area contributed by atoms with E-state index in [1.165, 1.54) is 6.21 Å². The predicted octanol–water partition coefficient (Wildman–Crippen LogP) is 1.54. The van der Waals surface area contributed by atoms with Crippen LogP contribution in [-0.4, -0.2) is 21.3 Å². The summed E-state index contributed by atoms with van der Waals surface area (Å²) >= 11 is 0. The van der Waals surface area contributed by atoms with Gasteiger partial charge in [-0.2, -0.15) is 5.10 Å². The molecule has 6 heteroatoms. The Kier molecular flexibility index (Phi) is 3.61. The van der Waals surface area contributed by atoms with Gasteiger partial charge in [-0.05, 0) is 26.0 Å². The topological polar surface area (TPSA) is 90.4 Å². The van der Waals surface area contributed by atoms with E-state index in [2.05, 4.69) is 20.5 Å². The van der Waals surface area contributed by atoms with Crippen molar-refractivity contribution in [1.82, 2.24) is 9.97 Å². The first kappa shape index (κ1) is 12.8. The third-order valence-electron chi connectivity index (χ3n) is 2.71. The molecule has 2 aromatic rings. The van der Waals surface area contributed by atoms with Gasteiger partial charge in [0.15, 0.2) is 0 Å². The van der Waals surface area contributed by atoms with Crippen molar-refractivity contribution in [1.29, 1.82) is 0 Å². The van der Waals surface area contributed by atoms with Gasteiger partial charge in [0.2, 0.25) is 5.95 Å². The highest BCUT2D eigenvalue weighted by molar-refractivity contribution is 5.83. The number of phenolic OH excluding ortho intramolecular Hbond substituents is 1. The number of phenols is 1. The lowest BCUT2D eigenvalue weighted by Gasteiger charge is -2.02. The van der Waals surface area contributed by atoms with Crippen LogP contribution in [0.3, 0.4) is 0 Å². The van der Waals surface area contributed by atoms with Gasteiger partial charge in [0.25, 0.3) is 5.56 Å². The molecule has 0 saturated heterocycles. The number of hydrazone groups is 1. The van der Waals surface area contributed by atoms with E-state index >= 15 is 0 Å². The largest absolute Gasteiger partial charge is 0.507 e. The molecule has 0 aliphatic carbocycles. The van der Waals surface area contributed by atoms with Gasteiger partial charge in [-0.3, -0.25) is 9.78 Å². The van der Waals surface area contributed by atoms with E-state index in [4.69, 9.17) is 0 Å². The standard InChI is InChI=1S/C13H14N4O2/c1-8-9(2)15-13(16-12(8)19)17-14-7-10-5-3-4-6-11(10)18/h3-7,18H,1-2H3,(H2,15,16,17,19)/b14-7-. The molecule has 0 bridgehead atoms. The van der Waals surface area contributed by atoms with E-state index in [0.717, 1.165) is 0 Å². The smallest absolute Gasteiger partial charge is 0.255 e. The van der Waals surface area contributed by atoms with Crippen LogP contribution < -0.4 is 11.0 Å². The molecule has 98 valence electrons. The number of benzene rings is 1. The monoisotopic (exact) mass is 258 g/mol. The first-order valence-electron chi connectivity index (χ1n) is 5.72. The van der Waals surface area contributed by atoms with E-state index in [1.54, 1.807) is 38.1 Å². The van der Waals surface area contributed by atoms with Crippen LogP contribution in [0, 0.1) is 13.8 Å². The van der Waals surface area contributed by atoms with Crippen molar-refractivity contribution in [3.05, 3.63) is 51.4 Å². The van der Waals surface area contributed by atoms with Crippen LogP contribution in [-0.2, 0) is 0 Å². The number of aryl methyl sites for hydroxylation is 1. The van der Waals surface area contributed by atoms with Crippen molar-refractivity contribution in [2.24, 2.45) is 5.10 Å². The number of aromatic hydroxyl groups is 1. The molecule has 0 spiro atoms. The normalized spacial score (nSPS) is 10.8. The highest BCUT2D eigenvalue weighted by atomic mass is 16.3. The summed E-state index contributed by atoms with van der Waals surface area (Å²) in [4.78, 5) is 18.2. The molecule has 0 amide bonds. The van der Waals surface area contributed by atoms with Crippen molar-refractivity contribution in [2.45, 2.75) is 13.8 Å². The predicted molar refractivity (Wildman–Crippen MR) is 73.7 cm³/mol.